The van der Waals surface area contributed by atoms with Gasteiger partial charge in [0.05, 0.1) is 66.6 Å². The minimum Gasteiger partial charge on any atom is -0.495 e. The van der Waals surface area contributed by atoms with Crippen molar-refractivity contribution in [2.24, 2.45) is 7.05 Å². The normalized spacial score (nSPS) is 11.0. The maximum Gasteiger partial charge on any atom is 0.258 e. The lowest BCUT2D eigenvalue weighted by Crippen LogP contribution is -2.19. The number of rotatable bonds is 9. The van der Waals surface area contributed by atoms with Gasteiger partial charge in [0.15, 0.2) is 11.6 Å². The zero-order valence-electron chi connectivity index (χ0n) is 21.2. The molecule has 0 bridgehead atoms. The smallest absolute Gasteiger partial charge is 0.258 e. The van der Waals surface area contributed by atoms with Gasteiger partial charge in [-0.25, -0.2) is 4.39 Å². The van der Waals surface area contributed by atoms with E-state index < -0.39 is 17.3 Å². The summed E-state index contributed by atoms with van der Waals surface area (Å²) < 4.78 is 33.8. The topological polar surface area (TPSA) is 110 Å². The molecule has 3 heterocycles. The molecule has 0 atom stereocenters. The Hall–Kier alpha value is -4.22. The Bertz CT molecular complexity index is 1590. The lowest BCUT2D eigenvalue weighted by Gasteiger charge is -2.17. The summed E-state index contributed by atoms with van der Waals surface area (Å²) >= 11 is 6.46. The Balaban J connectivity index is 1.93. The van der Waals surface area contributed by atoms with E-state index in [2.05, 4.69) is 22.0 Å². The Morgan fingerprint density at radius 3 is 2.58 bits per heavy atom. The fraction of sp³-hybridized carbons (Fsp3) is 0.231. The largest absolute Gasteiger partial charge is 0.495 e. The van der Waals surface area contributed by atoms with Gasteiger partial charge in [-0.15, -0.1) is 0 Å². The highest BCUT2D eigenvalue weighted by molar-refractivity contribution is 6.35. The summed E-state index contributed by atoms with van der Waals surface area (Å²) in [6.45, 7) is 4.21. The van der Waals surface area contributed by atoms with Crippen LogP contribution in [-0.2, 0) is 23.1 Å². The number of halogens is 2. The number of carbonyl (C=O) groups is 1. The number of amides is 1. The van der Waals surface area contributed by atoms with Gasteiger partial charge in [-0.2, -0.15) is 5.10 Å². The van der Waals surface area contributed by atoms with Crippen LogP contribution in [-0.4, -0.2) is 53.2 Å². The minimum absolute atomic E-state index is 0.00521. The van der Waals surface area contributed by atoms with Crippen LogP contribution in [0.1, 0.15) is 0 Å². The highest BCUT2D eigenvalue weighted by atomic mass is 35.5. The van der Waals surface area contributed by atoms with Crippen LogP contribution in [0.3, 0.4) is 0 Å². The van der Waals surface area contributed by atoms with Crippen LogP contribution in [0.15, 0.2) is 48.0 Å². The fourth-order valence-corrected chi connectivity index (χ4v) is 4.37. The molecule has 1 amide bonds. The summed E-state index contributed by atoms with van der Waals surface area (Å²) in [5.41, 5.74) is 1.02. The van der Waals surface area contributed by atoms with Crippen LogP contribution in [0.2, 0.25) is 5.02 Å². The van der Waals surface area contributed by atoms with Crippen molar-refractivity contribution < 1.29 is 23.4 Å². The van der Waals surface area contributed by atoms with Crippen molar-refractivity contribution in [2.45, 2.75) is 6.54 Å². The molecule has 0 saturated heterocycles. The number of anilines is 1. The van der Waals surface area contributed by atoms with E-state index in [0.29, 0.717) is 41.0 Å². The second-order valence-electron chi connectivity index (χ2n) is 8.15. The minimum atomic E-state index is -0.734. The van der Waals surface area contributed by atoms with Gasteiger partial charge in [0, 0.05) is 31.8 Å². The van der Waals surface area contributed by atoms with Gasteiger partial charge in [0.2, 0.25) is 5.91 Å². The summed E-state index contributed by atoms with van der Waals surface area (Å²) in [6, 6.07) is 4.54. The molecule has 1 aromatic carbocycles. The highest BCUT2D eigenvalue weighted by Crippen LogP contribution is 2.42. The van der Waals surface area contributed by atoms with E-state index in [1.807, 2.05) is 0 Å². The Morgan fingerprint density at radius 2 is 1.92 bits per heavy atom. The number of benzene rings is 1. The number of pyridine rings is 2. The lowest BCUT2D eigenvalue weighted by molar-refractivity contribution is -0.111. The van der Waals surface area contributed by atoms with E-state index in [4.69, 9.17) is 25.8 Å². The highest BCUT2D eigenvalue weighted by Gasteiger charge is 2.24. The second-order valence-corrected chi connectivity index (χ2v) is 8.53. The first-order valence-electron chi connectivity index (χ1n) is 11.3. The average molecular weight is 542 g/mol. The van der Waals surface area contributed by atoms with Crippen LogP contribution in [0.4, 0.5) is 10.1 Å². The molecule has 4 rings (SSSR count). The molecule has 0 spiro atoms. The fourth-order valence-electron chi connectivity index (χ4n) is 4.06. The molecule has 38 heavy (non-hydrogen) atoms. The first kappa shape index (κ1) is 26.8. The van der Waals surface area contributed by atoms with Crippen LogP contribution in [0.25, 0.3) is 33.4 Å². The van der Waals surface area contributed by atoms with E-state index in [-0.39, 0.29) is 27.8 Å². The first-order valence-corrected chi connectivity index (χ1v) is 11.7. The van der Waals surface area contributed by atoms with Crippen LogP contribution >= 0.6 is 11.6 Å². The predicted octanol–water partition coefficient (Wildman–Crippen LogP) is 4.04. The van der Waals surface area contributed by atoms with Gasteiger partial charge in [-0.05, 0) is 18.2 Å². The molecule has 0 radical (unpaired) electrons. The number of fused-ring (bicyclic) bond motifs is 1. The van der Waals surface area contributed by atoms with E-state index in [1.54, 1.807) is 23.9 Å². The lowest BCUT2D eigenvalue weighted by atomic mass is 10.0. The first-order chi connectivity index (χ1) is 18.2. The Labute approximate surface area is 222 Å². The van der Waals surface area contributed by atoms with Crippen molar-refractivity contribution in [3.8, 4) is 34.1 Å². The number of nitrogens with one attached hydrogen (secondary N) is 1. The van der Waals surface area contributed by atoms with Gasteiger partial charge < -0.3 is 24.1 Å². The quantitative estimate of drug-likeness (QED) is 0.318. The molecule has 0 fully saturated rings. The van der Waals surface area contributed by atoms with Crippen molar-refractivity contribution in [3.05, 3.63) is 64.4 Å². The number of methoxy groups -OCH3 is 3. The van der Waals surface area contributed by atoms with Crippen LogP contribution in [0.5, 0.6) is 11.5 Å². The summed E-state index contributed by atoms with van der Waals surface area (Å²) in [5.74, 6) is -1.05. The maximum absolute atomic E-state index is 15.4. The molecule has 12 heteroatoms. The third-order valence-electron chi connectivity index (χ3n) is 5.99. The van der Waals surface area contributed by atoms with E-state index in [9.17, 15) is 9.59 Å². The summed E-state index contributed by atoms with van der Waals surface area (Å²) in [5, 5.41) is 7.79. The third-order valence-corrected chi connectivity index (χ3v) is 6.36. The van der Waals surface area contributed by atoms with Crippen LogP contribution < -0.4 is 20.3 Å². The SMILES string of the molecule is C=CC(=O)Nc1cnn(CCOC)c1-c1cc2c(=O)n(C)c(-c3c(F)c(OC)cc(OC)c3Cl)cc2cn1. The van der Waals surface area contributed by atoms with Gasteiger partial charge in [-0.1, -0.05) is 18.2 Å². The zero-order chi connectivity index (χ0) is 27.6. The molecule has 198 valence electrons. The molecule has 1 N–H and O–H groups in total. The van der Waals surface area contributed by atoms with Gasteiger partial charge in [-0.3, -0.25) is 19.3 Å². The van der Waals surface area contributed by atoms with Gasteiger partial charge in [0.25, 0.3) is 5.56 Å². The van der Waals surface area contributed by atoms with E-state index in [0.717, 1.165) is 6.08 Å². The predicted molar refractivity (Wildman–Crippen MR) is 142 cm³/mol. The van der Waals surface area contributed by atoms with Gasteiger partial charge >= 0.3 is 0 Å². The summed E-state index contributed by atoms with van der Waals surface area (Å²) in [4.78, 5) is 30.0. The average Bonchev–Trinajstić information content (AvgIpc) is 3.32. The number of hydrogen-bond donors (Lipinski definition) is 1. The van der Waals surface area contributed by atoms with Crippen molar-refractivity contribution in [2.75, 3.05) is 33.3 Å². The van der Waals surface area contributed by atoms with Gasteiger partial charge in [0.1, 0.15) is 11.4 Å². The van der Waals surface area contributed by atoms with E-state index in [1.165, 1.54) is 44.3 Å². The number of hydrogen-bond acceptors (Lipinski definition) is 7. The van der Waals surface area contributed by atoms with Crippen molar-refractivity contribution in [3.63, 3.8) is 0 Å². The molecular weight excluding hydrogens is 517 g/mol. The molecule has 0 saturated carbocycles. The number of aromatic nitrogens is 4. The standard InChI is InChI=1S/C26H25ClFN5O5/c1-6-21(34)31-17-13-30-33(7-8-36-3)25(17)16-10-15-14(12-29-16)9-18(32(2)26(15)35)22-23(27)19(37-4)11-20(38-5)24(22)28/h6,9-13H,1,7-8H2,2-5H3,(H,31,34). The maximum atomic E-state index is 15.4. The molecule has 0 aliphatic rings. The van der Waals surface area contributed by atoms with Crippen molar-refractivity contribution >= 4 is 34.0 Å². The monoisotopic (exact) mass is 541 g/mol. The summed E-state index contributed by atoms with van der Waals surface area (Å²) in [6.07, 6.45) is 4.12. The van der Waals surface area contributed by atoms with E-state index >= 15 is 4.39 Å². The molecule has 10 nitrogen and oxygen atoms in total. The summed E-state index contributed by atoms with van der Waals surface area (Å²) in [7, 11) is 5.80. The Kier molecular flexibility index (Phi) is 7.79. The second kappa shape index (κ2) is 11.0. The number of carbonyl (C=O) groups excluding carboxylic acids is 1. The molecule has 3 aromatic heterocycles. The number of ether oxygens (including phenoxy) is 3. The Morgan fingerprint density at radius 1 is 1.18 bits per heavy atom. The van der Waals surface area contributed by atoms with Crippen molar-refractivity contribution in [1.82, 2.24) is 19.3 Å². The molecule has 4 aromatic rings. The molecule has 0 unspecified atom stereocenters. The molecule has 0 aliphatic carbocycles. The molecule has 0 aliphatic heterocycles. The van der Waals surface area contributed by atoms with Crippen molar-refractivity contribution in [1.29, 1.82) is 0 Å². The third kappa shape index (κ3) is 4.73. The molecular formula is C26H25ClFN5O5. The zero-order valence-corrected chi connectivity index (χ0v) is 21.9. The van der Waals surface area contributed by atoms with Crippen LogP contribution in [0, 0.1) is 5.82 Å². The number of nitrogens with zero attached hydrogens (tertiary/aromatic N) is 4.